The van der Waals surface area contributed by atoms with Crippen molar-refractivity contribution in [2.24, 2.45) is 0 Å². The first kappa shape index (κ1) is 21.2. The number of benzene rings is 2. The number of hydrogen-bond acceptors (Lipinski definition) is 5. The van der Waals surface area contributed by atoms with E-state index < -0.39 is 0 Å². The molecule has 0 saturated carbocycles. The third kappa shape index (κ3) is 4.32. The largest absolute Gasteiger partial charge is 0.368 e. The van der Waals surface area contributed by atoms with Gasteiger partial charge in [-0.15, -0.1) is 0 Å². The Balaban J connectivity index is 1.50. The first-order valence-electron chi connectivity index (χ1n) is 10.8. The van der Waals surface area contributed by atoms with Crippen LogP contribution in [0.25, 0.3) is 11.1 Å². The van der Waals surface area contributed by atoms with Gasteiger partial charge in [0.15, 0.2) is 0 Å². The SMILES string of the molecule is Nc1ncc(-c2ccc(Cl)cc2)c(C2CCCN2C(=O)c2ccccc2Cn2ccnc2)n1. The quantitative estimate of drug-likeness (QED) is 0.472. The summed E-state index contributed by atoms with van der Waals surface area (Å²) >= 11 is 6.08. The third-order valence-electron chi connectivity index (χ3n) is 5.98. The molecule has 8 heteroatoms. The lowest BCUT2D eigenvalue weighted by Gasteiger charge is -2.27. The predicted molar refractivity (Wildman–Crippen MR) is 128 cm³/mol. The third-order valence-corrected chi connectivity index (χ3v) is 6.23. The lowest BCUT2D eigenvalue weighted by Crippen LogP contribution is -2.32. The van der Waals surface area contributed by atoms with E-state index in [1.165, 1.54) is 0 Å². The van der Waals surface area contributed by atoms with Crippen LogP contribution < -0.4 is 5.73 Å². The summed E-state index contributed by atoms with van der Waals surface area (Å²) in [5.41, 5.74) is 10.2. The van der Waals surface area contributed by atoms with Crippen molar-refractivity contribution < 1.29 is 4.79 Å². The summed E-state index contributed by atoms with van der Waals surface area (Å²) in [6.45, 7) is 1.24. The van der Waals surface area contributed by atoms with Gasteiger partial charge in [0.1, 0.15) is 0 Å². The minimum absolute atomic E-state index is 0.00699. The summed E-state index contributed by atoms with van der Waals surface area (Å²) in [7, 11) is 0. The van der Waals surface area contributed by atoms with Gasteiger partial charge in [-0.2, -0.15) is 0 Å². The molecule has 1 aliphatic heterocycles. The van der Waals surface area contributed by atoms with E-state index in [0.29, 0.717) is 23.7 Å². The summed E-state index contributed by atoms with van der Waals surface area (Å²) in [6, 6.07) is 15.1. The average Bonchev–Trinajstić information content (AvgIpc) is 3.52. The Morgan fingerprint density at radius 2 is 1.97 bits per heavy atom. The van der Waals surface area contributed by atoms with Crippen LogP contribution in [0.5, 0.6) is 0 Å². The Morgan fingerprint density at radius 3 is 2.76 bits per heavy atom. The molecular weight excluding hydrogens is 436 g/mol. The first-order chi connectivity index (χ1) is 16.1. The van der Waals surface area contributed by atoms with Crippen molar-refractivity contribution in [3.05, 3.63) is 95.3 Å². The molecule has 0 bridgehead atoms. The maximum absolute atomic E-state index is 13.8. The second-order valence-electron chi connectivity index (χ2n) is 8.08. The van der Waals surface area contributed by atoms with E-state index in [4.69, 9.17) is 17.3 Å². The number of amides is 1. The van der Waals surface area contributed by atoms with Gasteiger partial charge >= 0.3 is 0 Å². The first-order valence-corrected chi connectivity index (χ1v) is 11.2. The lowest BCUT2D eigenvalue weighted by atomic mass is 9.99. The van der Waals surface area contributed by atoms with Gasteiger partial charge in [-0.05, 0) is 42.2 Å². The highest BCUT2D eigenvalue weighted by molar-refractivity contribution is 6.30. The van der Waals surface area contributed by atoms with Crippen LogP contribution in [0, 0.1) is 0 Å². The Hall–Kier alpha value is -3.71. The molecule has 7 nitrogen and oxygen atoms in total. The van der Waals surface area contributed by atoms with Crippen LogP contribution in [-0.2, 0) is 6.54 Å². The number of rotatable bonds is 5. The Labute approximate surface area is 196 Å². The molecule has 2 N–H and O–H groups in total. The summed E-state index contributed by atoms with van der Waals surface area (Å²) < 4.78 is 1.96. The standard InChI is InChI=1S/C25H23ClN6O/c26-19-9-7-17(8-10-19)21-14-29-25(27)30-23(21)22-6-3-12-32(22)24(33)20-5-2-1-4-18(20)15-31-13-11-28-16-31/h1-2,4-5,7-11,13-14,16,22H,3,6,12,15H2,(H2,27,29,30). The summed E-state index contributed by atoms with van der Waals surface area (Å²) in [5.74, 6) is 0.190. The fraction of sp³-hybridized carbons (Fsp3) is 0.200. The molecule has 5 rings (SSSR count). The molecule has 3 heterocycles. The van der Waals surface area contributed by atoms with E-state index in [9.17, 15) is 4.79 Å². The van der Waals surface area contributed by atoms with Gasteiger partial charge in [0.05, 0.1) is 18.1 Å². The van der Waals surface area contributed by atoms with Crippen molar-refractivity contribution in [1.29, 1.82) is 0 Å². The number of carbonyl (C=O) groups is 1. The van der Waals surface area contributed by atoms with Gasteiger partial charge in [-0.25, -0.2) is 15.0 Å². The van der Waals surface area contributed by atoms with Gasteiger partial charge < -0.3 is 15.2 Å². The van der Waals surface area contributed by atoms with Crippen LogP contribution in [0.2, 0.25) is 5.02 Å². The van der Waals surface area contributed by atoms with E-state index in [2.05, 4.69) is 15.0 Å². The minimum atomic E-state index is -0.185. The van der Waals surface area contributed by atoms with Gasteiger partial charge in [0, 0.05) is 47.8 Å². The number of aromatic nitrogens is 4. The molecule has 0 radical (unpaired) electrons. The molecule has 1 amide bonds. The van der Waals surface area contributed by atoms with Crippen LogP contribution >= 0.6 is 11.6 Å². The molecule has 1 unspecified atom stereocenters. The highest BCUT2D eigenvalue weighted by atomic mass is 35.5. The van der Waals surface area contributed by atoms with Crippen LogP contribution in [-0.4, -0.2) is 36.9 Å². The van der Waals surface area contributed by atoms with Gasteiger partial charge in [0.25, 0.3) is 5.91 Å². The van der Waals surface area contributed by atoms with Gasteiger partial charge in [-0.3, -0.25) is 4.79 Å². The summed E-state index contributed by atoms with van der Waals surface area (Å²) in [5, 5.41) is 0.656. The fourth-order valence-corrected chi connectivity index (χ4v) is 4.53. The van der Waals surface area contributed by atoms with Crippen LogP contribution in [0.1, 0.15) is 40.5 Å². The van der Waals surface area contributed by atoms with Crippen LogP contribution in [0.15, 0.2) is 73.4 Å². The molecule has 1 fully saturated rings. The topological polar surface area (TPSA) is 89.9 Å². The molecule has 1 saturated heterocycles. The zero-order chi connectivity index (χ0) is 22.8. The molecular formula is C25H23ClN6O. The van der Waals surface area contributed by atoms with E-state index in [0.717, 1.165) is 35.2 Å². The Bertz CT molecular complexity index is 1270. The molecule has 1 atom stereocenters. The molecule has 0 spiro atoms. The maximum atomic E-state index is 13.8. The van der Waals surface area contributed by atoms with Crippen molar-refractivity contribution in [3.63, 3.8) is 0 Å². The number of anilines is 1. The van der Waals surface area contributed by atoms with Crippen molar-refractivity contribution in [3.8, 4) is 11.1 Å². The van der Waals surface area contributed by atoms with Gasteiger partial charge in [-0.1, -0.05) is 41.9 Å². The number of halogens is 1. The van der Waals surface area contributed by atoms with Gasteiger partial charge in [0.2, 0.25) is 5.95 Å². The van der Waals surface area contributed by atoms with E-state index in [1.807, 2.05) is 64.2 Å². The number of carbonyl (C=O) groups excluding carboxylic acids is 1. The second kappa shape index (κ2) is 9.03. The zero-order valence-electron chi connectivity index (χ0n) is 17.9. The monoisotopic (exact) mass is 458 g/mol. The normalized spacial score (nSPS) is 15.7. The second-order valence-corrected chi connectivity index (χ2v) is 8.52. The average molecular weight is 459 g/mol. The highest BCUT2D eigenvalue weighted by Crippen LogP contribution is 2.38. The molecule has 4 aromatic rings. The molecule has 2 aromatic heterocycles. The number of nitrogens with two attached hydrogens (primary N) is 1. The summed E-state index contributed by atoms with van der Waals surface area (Å²) in [4.78, 5) is 28.6. The molecule has 0 aliphatic carbocycles. The number of likely N-dealkylation sites (tertiary alicyclic amines) is 1. The van der Waals surface area contributed by atoms with E-state index in [-0.39, 0.29) is 17.9 Å². The maximum Gasteiger partial charge on any atom is 0.254 e. The molecule has 1 aliphatic rings. The minimum Gasteiger partial charge on any atom is -0.368 e. The zero-order valence-corrected chi connectivity index (χ0v) is 18.7. The van der Waals surface area contributed by atoms with Crippen molar-refractivity contribution in [2.45, 2.75) is 25.4 Å². The molecule has 2 aromatic carbocycles. The van der Waals surface area contributed by atoms with Crippen molar-refractivity contribution in [2.75, 3.05) is 12.3 Å². The number of nitrogen functional groups attached to an aromatic ring is 1. The number of imidazole rings is 1. The summed E-state index contributed by atoms with van der Waals surface area (Å²) in [6.07, 6.45) is 8.81. The lowest BCUT2D eigenvalue weighted by molar-refractivity contribution is 0.0732. The highest BCUT2D eigenvalue weighted by Gasteiger charge is 2.34. The van der Waals surface area contributed by atoms with Crippen LogP contribution in [0.4, 0.5) is 5.95 Å². The van der Waals surface area contributed by atoms with Crippen LogP contribution in [0.3, 0.4) is 0 Å². The Morgan fingerprint density at radius 1 is 1.15 bits per heavy atom. The van der Waals surface area contributed by atoms with Crippen molar-refractivity contribution in [1.82, 2.24) is 24.4 Å². The smallest absolute Gasteiger partial charge is 0.254 e. The molecule has 33 heavy (non-hydrogen) atoms. The fourth-order valence-electron chi connectivity index (χ4n) is 4.41. The number of nitrogens with zero attached hydrogens (tertiary/aromatic N) is 5. The number of hydrogen-bond donors (Lipinski definition) is 1. The van der Waals surface area contributed by atoms with E-state index >= 15 is 0 Å². The van der Waals surface area contributed by atoms with Crippen molar-refractivity contribution >= 4 is 23.5 Å². The predicted octanol–water partition coefficient (Wildman–Crippen LogP) is 4.60. The Kier molecular flexibility index (Phi) is 5.79. The van der Waals surface area contributed by atoms with E-state index in [1.54, 1.807) is 18.7 Å². The molecule has 166 valence electrons.